The highest BCUT2D eigenvalue weighted by Crippen LogP contribution is 2.16. The first kappa shape index (κ1) is 15.4. The van der Waals surface area contributed by atoms with Gasteiger partial charge in [-0.1, -0.05) is 19.1 Å². The lowest BCUT2D eigenvalue weighted by Gasteiger charge is -2.27. The number of benzene rings is 1. The van der Waals surface area contributed by atoms with Crippen molar-refractivity contribution >= 4 is 0 Å². The Balaban J connectivity index is 1.95. The zero-order valence-corrected chi connectivity index (χ0v) is 12.1. The van der Waals surface area contributed by atoms with Gasteiger partial charge >= 0.3 is 0 Å². The molecular weight excluding hydrogens is 257 g/mol. The lowest BCUT2D eigenvalue weighted by Crippen LogP contribution is -2.37. The Morgan fingerprint density at radius 1 is 1.40 bits per heavy atom. The van der Waals surface area contributed by atoms with Gasteiger partial charge < -0.3 is 9.84 Å². The quantitative estimate of drug-likeness (QED) is 0.834. The van der Waals surface area contributed by atoms with Crippen molar-refractivity contribution in [2.75, 3.05) is 19.7 Å². The smallest absolute Gasteiger partial charge is 0.123 e. The summed E-state index contributed by atoms with van der Waals surface area (Å²) in [5, 5.41) is 9.88. The number of nitrogens with zero attached hydrogens (tertiary/aromatic N) is 1. The Hall–Kier alpha value is -0.970. The van der Waals surface area contributed by atoms with Crippen molar-refractivity contribution in [3.63, 3.8) is 0 Å². The zero-order valence-electron chi connectivity index (χ0n) is 12.1. The van der Waals surface area contributed by atoms with Gasteiger partial charge in [0, 0.05) is 26.2 Å². The second-order valence-electron chi connectivity index (χ2n) is 5.52. The highest BCUT2D eigenvalue weighted by Gasteiger charge is 2.20. The van der Waals surface area contributed by atoms with Gasteiger partial charge in [0.2, 0.25) is 0 Å². The Bertz CT molecular complexity index is 390. The summed E-state index contributed by atoms with van der Waals surface area (Å²) >= 11 is 0. The van der Waals surface area contributed by atoms with Crippen LogP contribution in [0, 0.1) is 5.82 Å². The number of rotatable bonds is 7. The SMILES string of the molecule is CC[C@@H](O)CN(Cc1ccc(F)cc1)C[C@H]1CCCO1. The maximum atomic E-state index is 12.9. The van der Waals surface area contributed by atoms with Crippen LogP contribution >= 0.6 is 0 Å². The molecule has 1 fully saturated rings. The fraction of sp³-hybridized carbons (Fsp3) is 0.625. The molecule has 0 aromatic heterocycles. The fourth-order valence-electron chi connectivity index (χ4n) is 2.56. The zero-order chi connectivity index (χ0) is 14.4. The molecule has 112 valence electrons. The number of halogens is 1. The standard InChI is InChI=1S/C16H24FNO2/c1-2-15(19)11-18(12-16-4-3-9-20-16)10-13-5-7-14(17)8-6-13/h5-8,15-16,19H,2-4,9-12H2,1H3/t15-,16-/m1/s1. The van der Waals surface area contributed by atoms with Gasteiger partial charge in [-0.2, -0.15) is 0 Å². The highest BCUT2D eigenvalue weighted by atomic mass is 19.1. The molecule has 0 aliphatic carbocycles. The largest absolute Gasteiger partial charge is 0.392 e. The van der Waals surface area contributed by atoms with E-state index < -0.39 is 0 Å². The molecule has 1 N–H and O–H groups in total. The normalized spacial score (nSPS) is 20.5. The summed E-state index contributed by atoms with van der Waals surface area (Å²) in [6.07, 6.45) is 2.88. The molecule has 1 heterocycles. The number of aliphatic hydroxyl groups excluding tert-OH is 1. The van der Waals surface area contributed by atoms with Crippen molar-refractivity contribution in [2.45, 2.75) is 44.9 Å². The summed E-state index contributed by atoms with van der Waals surface area (Å²) in [4.78, 5) is 2.21. The number of hydrogen-bond donors (Lipinski definition) is 1. The van der Waals surface area contributed by atoms with Gasteiger partial charge in [0.25, 0.3) is 0 Å². The highest BCUT2D eigenvalue weighted by molar-refractivity contribution is 5.15. The van der Waals surface area contributed by atoms with E-state index in [9.17, 15) is 9.50 Å². The van der Waals surface area contributed by atoms with E-state index in [2.05, 4.69) is 4.90 Å². The van der Waals surface area contributed by atoms with Crippen molar-refractivity contribution in [3.8, 4) is 0 Å². The molecule has 1 aliphatic rings. The average Bonchev–Trinajstić information content (AvgIpc) is 2.94. The van der Waals surface area contributed by atoms with Crippen LogP contribution in [0.4, 0.5) is 4.39 Å². The molecule has 0 saturated carbocycles. The molecule has 0 unspecified atom stereocenters. The van der Waals surface area contributed by atoms with Crippen molar-refractivity contribution < 1.29 is 14.2 Å². The van der Waals surface area contributed by atoms with Crippen LogP contribution in [0.15, 0.2) is 24.3 Å². The maximum Gasteiger partial charge on any atom is 0.123 e. The number of aliphatic hydroxyl groups is 1. The van der Waals surface area contributed by atoms with Crippen molar-refractivity contribution in [3.05, 3.63) is 35.6 Å². The summed E-state index contributed by atoms with van der Waals surface area (Å²) in [6, 6.07) is 6.57. The molecule has 1 aromatic carbocycles. The second kappa shape index (κ2) is 7.72. The molecule has 0 radical (unpaired) electrons. The molecular formula is C16H24FNO2. The van der Waals surface area contributed by atoms with Crippen LogP contribution in [-0.4, -0.2) is 41.9 Å². The Morgan fingerprint density at radius 2 is 2.15 bits per heavy atom. The average molecular weight is 281 g/mol. The maximum absolute atomic E-state index is 12.9. The lowest BCUT2D eigenvalue weighted by atomic mass is 10.1. The van der Waals surface area contributed by atoms with Crippen LogP contribution in [0.2, 0.25) is 0 Å². The summed E-state index contributed by atoms with van der Waals surface area (Å²) in [7, 11) is 0. The fourth-order valence-corrected chi connectivity index (χ4v) is 2.56. The molecule has 2 rings (SSSR count). The first-order valence-electron chi connectivity index (χ1n) is 7.44. The van der Waals surface area contributed by atoms with Crippen LogP contribution in [0.1, 0.15) is 31.7 Å². The third-order valence-electron chi connectivity index (χ3n) is 3.75. The van der Waals surface area contributed by atoms with Crippen LogP contribution in [0.25, 0.3) is 0 Å². The Labute approximate surface area is 120 Å². The van der Waals surface area contributed by atoms with E-state index in [0.29, 0.717) is 6.54 Å². The third kappa shape index (κ3) is 4.85. The molecule has 4 heteroatoms. The summed E-state index contributed by atoms with van der Waals surface area (Å²) in [5.41, 5.74) is 1.06. The Kier molecular flexibility index (Phi) is 5.95. The second-order valence-corrected chi connectivity index (χ2v) is 5.52. The van der Waals surface area contributed by atoms with Crippen molar-refractivity contribution in [1.82, 2.24) is 4.90 Å². The predicted octanol–water partition coefficient (Wildman–Crippen LogP) is 2.58. The van der Waals surface area contributed by atoms with E-state index in [0.717, 1.165) is 44.5 Å². The van der Waals surface area contributed by atoms with Gasteiger partial charge in [-0.05, 0) is 37.0 Å². The molecule has 1 saturated heterocycles. The van der Waals surface area contributed by atoms with E-state index >= 15 is 0 Å². The molecule has 0 spiro atoms. The first-order chi connectivity index (χ1) is 9.67. The Morgan fingerprint density at radius 3 is 2.75 bits per heavy atom. The minimum absolute atomic E-state index is 0.215. The minimum Gasteiger partial charge on any atom is -0.392 e. The lowest BCUT2D eigenvalue weighted by molar-refractivity contribution is 0.0455. The van der Waals surface area contributed by atoms with Gasteiger partial charge in [0.15, 0.2) is 0 Å². The summed E-state index contributed by atoms with van der Waals surface area (Å²) in [6.45, 7) is 5.00. The van der Waals surface area contributed by atoms with Crippen LogP contribution in [0.5, 0.6) is 0 Å². The van der Waals surface area contributed by atoms with E-state index in [-0.39, 0.29) is 18.0 Å². The van der Waals surface area contributed by atoms with Gasteiger partial charge in [-0.15, -0.1) is 0 Å². The van der Waals surface area contributed by atoms with Crippen molar-refractivity contribution in [2.24, 2.45) is 0 Å². The molecule has 0 amide bonds. The molecule has 0 bridgehead atoms. The van der Waals surface area contributed by atoms with Gasteiger partial charge in [-0.25, -0.2) is 4.39 Å². The van der Waals surface area contributed by atoms with Crippen LogP contribution < -0.4 is 0 Å². The monoisotopic (exact) mass is 281 g/mol. The number of ether oxygens (including phenoxy) is 1. The minimum atomic E-state index is -0.322. The molecule has 3 nitrogen and oxygen atoms in total. The number of hydrogen-bond acceptors (Lipinski definition) is 3. The van der Waals surface area contributed by atoms with E-state index in [4.69, 9.17) is 4.74 Å². The summed E-state index contributed by atoms with van der Waals surface area (Å²) < 4.78 is 18.6. The van der Waals surface area contributed by atoms with Gasteiger partial charge in [-0.3, -0.25) is 4.90 Å². The van der Waals surface area contributed by atoms with Crippen LogP contribution in [0.3, 0.4) is 0 Å². The molecule has 20 heavy (non-hydrogen) atoms. The van der Waals surface area contributed by atoms with E-state index in [1.54, 1.807) is 12.1 Å². The molecule has 2 atom stereocenters. The van der Waals surface area contributed by atoms with Gasteiger partial charge in [0.1, 0.15) is 5.82 Å². The topological polar surface area (TPSA) is 32.7 Å². The van der Waals surface area contributed by atoms with Crippen LogP contribution in [-0.2, 0) is 11.3 Å². The molecule has 1 aliphatic heterocycles. The van der Waals surface area contributed by atoms with Gasteiger partial charge in [0.05, 0.1) is 12.2 Å². The predicted molar refractivity (Wildman–Crippen MR) is 76.9 cm³/mol. The van der Waals surface area contributed by atoms with Crippen molar-refractivity contribution in [1.29, 1.82) is 0 Å². The summed E-state index contributed by atoms with van der Waals surface area (Å²) in [5.74, 6) is -0.215. The van der Waals surface area contributed by atoms with E-state index in [1.165, 1.54) is 12.1 Å². The van der Waals surface area contributed by atoms with E-state index in [1.807, 2.05) is 6.92 Å². The molecule has 1 aromatic rings. The first-order valence-corrected chi connectivity index (χ1v) is 7.44. The third-order valence-corrected chi connectivity index (χ3v) is 3.75.